The first kappa shape index (κ1) is 12.0. The van der Waals surface area contributed by atoms with E-state index in [1.165, 1.54) is 0 Å². The van der Waals surface area contributed by atoms with Gasteiger partial charge in [0.25, 0.3) is 0 Å². The highest BCUT2D eigenvalue weighted by molar-refractivity contribution is 5.85. The summed E-state index contributed by atoms with van der Waals surface area (Å²) in [4.78, 5) is 0. The molecule has 5 heteroatoms. The Hall–Kier alpha value is -2.04. The molecule has 0 atom stereocenters. The fourth-order valence-corrected chi connectivity index (χ4v) is 1.30. The van der Waals surface area contributed by atoms with Crippen molar-refractivity contribution < 1.29 is 4.74 Å². The number of ether oxygens (including phenoxy) is 1. The smallest absolute Gasteiger partial charge is 0.211 e. The van der Waals surface area contributed by atoms with Crippen molar-refractivity contribution in [3.05, 3.63) is 29.8 Å². The van der Waals surface area contributed by atoms with Gasteiger partial charge in [-0.25, -0.2) is 0 Å². The summed E-state index contributed by atoms with van der Waals surface area (Å²) in [6.45, 7) is 1.86. The van der Waals surface area contributed by atoms with E-state index >= 15 is 0 Å². The first-order chi connectivity index (χ1) is 7.63. The SMILES string of the molecule is COc1ccccc1C/C(C)=N/N=C(N)N. The van der Waals surface area contributed by atoms with Crippen molar-refractivity contribution in [1.82, 2.24) is 0 Å². The molecule has 0 fully saturated rings. The molecule has 0 radical (unpaired) electrons. The molecule has 1 rings (SSSR count). The molecular weight excluding hydrogens is 204 g/mol. The summed E-state index contributed by atoms with van der Waals surface area (Å²) in [5, 5.41) is 7.49. The van der Waals surface area contributed by atoms with Crippen molar-refractivity contribution in [3.63, 3.8) is 0 Å². The molecule has 0 aliphatic heterocycles. The van der Waals surface area contributed by atoms with Gasteiger partial charge in [-0.3, -0.25) is 0 Å². The number of nitrogens with zero attached hydrogens (tertiary/aromatic N) is 2. The van der Waals surface area contributed by atoms with Crippen molar-refractivity contribution in [2.75, 3.05) is 7.11 Å². The van der Waals surface area contributed by atoms with E-state index in [1.54, 1.807) is 7.11 Å². The Kier molecular flexibility index (Phi) is 4.32. The second-order valence-corrected chi connectivity index (χ2v) is 3.35. The molecule has 0 unspecified atom stereocenters. The molecule has 16 heavy (non-hydrogen) atoms. The first-order valence-corrected chi connectivity index (χ1v) is 4.87. The van der Waals surface area contributed by atoms with E-state index in [-0.39, 0.29) is 5.96 Å². The van der Waals surface area contributed by atoms with E-state index in [4.69, 9.17) is 16.2 Å². The topological polar surface area (TPSA) is 86.0 Å². The van der Waals surface area contributed by atoms with Gasteiger partial charge >= 0.3 is 0 Å². The predicted molar refractivity (Wildman–Crippen MR) is 65.6 cm³/mol. The Morgan fingerprint density at radius 2 is 1.94 bits per heavy atom. The minimum Gasteiger partial charge on any atom is -0.496 e. The van der Waals surface area contributed by atoms with Gasteiger partial charge in [0.05, 0.1) is 7.11 Å². The van der Waals surface area contributed by atoms with Crippen LogP contribution in [0.4, 0.5) is 0 Å². The molecule has 1 aromatic rings. The first-order valence-electron chi connectivity index (χ1n) is 4.87. The molecular formula is C11H16N4O. The van der Waals surface area contributed by atoms with Gasteiger partial charge in [0.15, 0.2) is 0 Å². The standard InChI is InChI=1S/C11H16N4O/c1-8(14-15-11(12)13)7-9-5-3-4-6-10(9)16-2/h3-6H,7H2,1-2H3,(H4,12,13,15)/b14-8+. The second kappa shape index (κ2) is 5.75. The van der Waals surface area contributed by atoms with Crippen molar-refractivity contribution in [3.8, 4) is 5.75 Å². The van der Waals surface area contributed by atoms with Gasteiger partial charge in [0, 0.05) is 12.1 Å². The van der Waals surface area contributed by atoms with E-state index in [2.05, 4.69) is 10.2 Å². The molecule has 0 bridgehead atoms. The predicted octanol–water partition coefficient (Wildman–Crippen LogP) is 0.887. The van der Waals surface area contributed by atoms with Gasteiger partial charge in [0.1, 0.15) is 5.75 Å². The van der Waals surface area contributed by atoms with Crippen LogP contribution in [0.2, 0.25) is 0 Å². The number of nitrogens with two attached hydrogens (primary N) is 2. The molecule has 4 N–H and O–H groups in total. The third-order valence-corrected chi connectivity index (χ3v) is 1.97. The largest absolute Gasteiger partial charge is 0.496 e. The van der Waals surface area contributed by atoms with Crippen LogP contribution in [0.25, 0.3) is 0 Å². The van der Waals surface area contributed by atoms with Crippen LogP contribution >= 0.6 is 0 Å². The zero-order valence-corrected chi connectivity index (χ0v) is 9.47. The molecule has 0 saturated carbocycles. The Balaban J connectivity index is 2.80. The van der Waals surface area contributed by atoms with Crippen molar-refractivity contribution in [2.45, 2.75) is 13.3 Å². The fraction of sp³-hybridized carbons (Fsp3) is 0.273. The lowest BCUT2D eigenvalue weighted by molar-refractivity contribution is 0.411. The number of hydrogen-bond donors (Lipinski definition) is 2. The molecule has 0 aromatic heterocycles. The average molecular weight is 220 g/mol. The monoisotopic (exact) mass is 220 g/mol. The fourth-order valence-electron chi connectivity index (χ4n) is 1.30. The van der Waals surface area contributed by atoms with Crippen molar-refractivity contribution in [2.24, 2.45) is 21.7 Å². The summed E-state index contributed by atoms with van der Waals surface area (Å²) in [5.41, 5.74) is 12.2. The Morgan fingerprint density at radius 3 is 2.56 bits per heavy atom. The van der Waals surface area contributed by atoms with E-state index < -0.39 is 0 Å². The number of methoxy groups -OCH3 is 1. The molecule has 5 nitrogen and oxygen atoms in total. The summed E-state index contributed by atoms with van der Waals surface area (Å²) in [5.74, 6) is 0.793. The number of guanidine groups is 1. The van der Waals surface area contributed by atoms with Gasteiger partial charge in [-0.15, -0.1) is 5.10 Å². The molecule has 0 spiro atoms. The second-order valence-electron chi connectivity index (χ2n) is 3.35. The van der Waals surface area contributed by atoms with E-state index in [0.717, 1.165) is 17.0 Å². The van der Waals surface area contributed by atoms with Crippen LogP contribution in [-0.4, -0.2) is 18.8 Å². The zero-order chi connectivity index (χ0) is 12.0. The maximum atomic E-state index is 5.23. The third-order valence-electron chi connectivity index (χ3n) is 1.97. The molecule has 86 valence electrons. The number of benzene rings is 1. The summed E-state index contributed by atoms with van der Waals surface area (Å²) in [6.07, 6.45) is 0.654. The highest BCUT2D eigenvalue weighted by Gasteiger charge is 2.02. The van der Waals surface area contributed by atoms with Crippen molar-refractivity contribution >= 4 is 11.7 Å². The highest BCUT2D eigenvalue weighted by atomic mass is 16.5. The zero-order valence-electron chi connectivity index (χ0n) is 9.47. The normalized spacial score (nSPS) is 11.0. The van der Waals surface area contributed by atoms with Crippen LogP contribution in [0, 0.1) is 0 Å². The maximum absolute atomic E-state index is 5.23. The van der Waals surface area contributed by atoms with Gasteiger partial charge in [0.2, 0.25) is 5.96 Å². The Bertz CT molecular complexity index is 408. The lowest BCUT2D eigenvalue weighted by Crippen LogP contribution is -2.22. The summed E-state index contributed by atoms with van der Waals surface area (Å²) in [7, 11) is 1.64. The lowest BCUT2D eigenvalue weighted by Gasteiger charge is -2.06. The highest BCUT2D eigenvalue weighted by Crippen LogP contribution is 2.18. The molecule has 0 aliphatic carbocycles. The molecule has 0 amide bonds. The van der Waals surface area contributed by atoms with E-state index in [1.807, 2.05) is 31.2 Å². The van der Waals surface area contributed by atoms with E-state index in [9.17, 15) is 0 Å². The molecule has 1 aromatic carbocycles. The van der Waals surface area contributed by atoms with Crippen LogP contribution in [0.1, 0.15) is 12.5 Å². The van der Waals surface area contributed by atoms with Gasteiger partial charge in [-0.1, -0.05) is 18.2 Å². The lowest BCUT2D eigenvalue weighted by atomic mass is 10.1. The van der Waals surface area contributed by atoms with Gasteiger partial charge in [-0.05, 0) is 18.6 Å². The minimum absolute atomic E-state index is 0.0422. The molecule has 0 heterocycles. The number of hydrogen-bond acceptors (Lipinski definition) is 3. The quantitative estimate of drug-likeness (QED) is 0.449. The van der Waals surface area contributed by atoms with Crippen LogP contribution in [0.5, 0.6) is 5.75 Å². The summed E-state index contributed by atoms with van der Waals surface area (Å²) >= 11 is 0. The Labute approximate surface area is 94.8 Å². The van der Waals surface area contributed by atoms with Crippen LogP contribution in [0.15, 0.2) is 34.5 Å². The Morgan fingerprint density at radius 1 is 1.25 bits per heavy atom. The van der Waals surface area contributed by atoms with Crippen LogP contribution in [0.3, 0.4) is 0 Å². The molecule has 0 aliphatic rings. The van der Waals surface area contributed by atoms with Crippen molar-refractivity contribution in [1.29, 1.82) is 0 Å². The average Bonchev–Trinajstić information content (AvgIpc) is 2.27. The summed E-state index contributed by atoms with van der Waals surface area (Å²) < 4.78 is 5.23. The van der Waals surface area contributed by atoms with Crippen LogP contribution < -0.4 is 16.2 Å². The molecule has 0 saturated heterocycles. The van der Waals surface area contributed by atoms with Gasteiger partial charge < -0.3 is 16.2 Å². The number of rotatable bonds is 4. The van der Waals surface area contributed by atoms with Gasteiger partial charge in [-0.2, -0.15) is 5.10 Å². The minimum atomic E-state index is -0.0422. The van der Waals surface area contributed by atoms with Crippen LogP contribution in [-0.2, 0) is 6.42 Å². The maximum Gasteiger partial charge on any atom is 0.211 e. The van der Waals surface area contributed by atoms with E-state index in [0.29, 0.717) is 6.42 Å². The summed E-state index contributed by atoms with van der Waals surface area (Å²) in [6, 6.07) is 7.76. The third kappa shape index (κ3) is 3.61. The number of para-hydroxylation sites is 1.